The van der Waals surface area contributed by atoms with E-state index in [2.05, 4.69) is 10.6 Å². The SMILES string of the molecule is COCCCNC(=S)NCC1CCCS1. The number of ether oxygens (including phenoxy) is 1. The third-order valence-corrected chi connectivity index (χ3v) is 4.01. The number of rotatable bonds is 6. The minimum atomic E-state index is 0.753. The summed E-state index contributed by atoms with van der Waals surface area (Å²) in [5.41, 5.74) is 0. The van der Waals surface area contributed by atoms with Crippen molar-refractivity contribution in [3.63, 3.8) is 0 Å². The molecule has 1 heterocycles. The lowest BCUT2D eigenvalue weighted by molar-refractivity contribution is 0.195. The average molecular weight is 248 g/mol. The zero-order valence-corrected chi connectivity index (χ0v) is 10.9. The van der Waals surface area contributed by atoms with E-state index >= 15 is 0 Å². The van der Waals surface area contributed by atoms with Gasteiger partial charge in [0.15, 0.2) is 5.11 Å². The molecule has 0 amide bonds. The van der Waals surface area contributed by atoms with Crippen LogP contribution in [0.15, 0.2) is 0 Å². The summed E-state index contributed by atoms with van der Waals surface area (Å²) >= 11 is 7.21. The summed E-state index contributed by atoms with van der Waals surface area (Å²) in [5.74, 6) is 1.31. The van der Waals surface area contributed by atoms with Crippen molar-refractivity contribution >= 4 is 29.1 Å². The molecule has 0 spiro atoms. The van der Waals surface area contributed by atoms with Crippen LogP contribution in [0.2, 0.25) is 0 Å². The molecule has 2 N–H and O–H groups in total. The molecule has 1 saturated heterocycles. The third kappa shape index (κ3) is 6.22. The van der Waals surface area contributed by atoms with Gasteiger partial charge >= 0.3 is 0 Å². The average Bonchev–Trinajstić information content (AvgIpc) is 2.74. The topological polar surface area (TPSA) is 33.3 Å². The largest absolute Gasteiger partial charge is 0.385 e. The number of thioether (sulfide) groups is 1. The standard InChI is InChI=1S/C10H20N2OS2/c1-13-6-3-5-11-10(14)12-8-9-4-2-7-15-9/h9H,2-8H2,1H3,(H2,11,12,14). The van der Waals surface area contributed by atoms with Gasteiger partial charge in [0.1, 0.15) is 0 Å². The lowest BCUT2D eigenvalue weighted by atomic mass is 10.2. The maximum absolute atomic E-state index is 5.17. The summed E-state index contributed by atoms with van der Waals surface area (Å²) < 4.78 is 4.96. The lowest BCUT2D eigenvalue weighted by Gasteiger charge is -2.13. The Morgan fingerprint density at radius 2 is 2.40 bits per heavy atom. The van der Waals surface area contributed by atoms with E-state index in [4.69, 9.17) is 17.0 Å². The second-order valence-electron chi connectivity index (χ2n) is 3.62. The van der Waals surface area contributed by atoms with Crippen molar-refractivity contribution in [1.29, 1.82) is 0 Å². The summed E-state index contributed by atoms with van der Waals surface area (Å²) in [5, 5.41) is 7.96. The van der Waals surface area contributed by atoms with Crippen molar-refractivity contribution in [3.05, 3.63) is 0 Å². The fourth-order valence-electron chi connectivity index (χ4n) is 1.49. The predicted molar refractivity (Wildman–Crippen MR) is 70.6 cm³/mol. The highest BCUT2D eigenvalue weighted by Crippen LogP contribution is 2.25. The maximum Gasteiger partial charge on any atom is 0.166 e. The van der Waals surface area contributed by atoms with Crippen LogP contribution < -0.4 is 10.6 Å². The molecule has 0 aromatic rings. The minimum absolute atomic E-state index is 0.753. The van der Waals surface area contributed by atoms with Crippen molar-refractivity contribution in [3.8, 4) is 0 Å². The van der Waals surface area contributed by atoms with Gasteiger partial charge in [0, 0.05) is 32.1 Å². The quantitative estimate of drug-likeness (QED) is 0.548. The summed E-state index contributed by atoms with van der Waals surface area (Å²) in [7, 11) is 1.72. The third-order valence-electron chi connectivity index (χ3n) is 2.33. The van der Waals surface area contributed by atoms with Gasteiger partial charge in [-0.2, -0.15) is 11.8 Å². The van der Waals surface area contributed by atoms with Crippen LogP contribution in [0.25, 0.3) is 0 Å². The van der Waals surface area contributed by atoms with Gasteiger partial charge in [-0.05, 0) is 37.2 Å². The Bertz CT molecular complexity index is 184. The molecule has 15 heavy (non-hydrogen) atoms. The molecule has 1 aliphatic heterocycles. The van der Waals surface area contributed by atoms with Gasteiger partial charge < -0.3 is 15.4 Å². The highest BCUT2D eigenvalue weighted by atomic mass is 32.2. The van der Waals surface area contributed by atoms with Gasteiger partial charge in [0.25, 0.3) is 0 Å². The van der Waals surface area contributed by atoms with E-state index in [1.54, 1.807) is 7.11 Å². The zero-order valence-electron chi connectivity index (χ0n) is 9.25. The number of methoxy groups -OCH3 is 1. The Labute approximate surface area is 102 Å². The number of hydrogen-bond donors (Lipinski definition) is 2. The molecule has 1 fully saturated rings. The molecule has 0 aliphatic carbocycles. The van der Waals surface area contributed by atoms with Gasteiger partial charge in [0.05, 0.1) is 0 Å². The molecule has 88 valence electrons. The molecule has 0 saturated carbocycles. The molecule has 3 nitrogen and oxygen atoms in total. The fraction of sp³-hybridized carbons (Fsp3) is 0.900. The number of nitrogens with one attached hydrogen (secondary N) is 2. The fourth-order valence-corrected chi connectivity index (χ4v) is 2.88. The molecule has 0 aromatic heterocycles. The molecule has 5 heteroatoms. The normalized spacial score (nSPS) is 20.2. The summed E-state index contributed by atoms with van der Waals surface area (Å²) in [4.78, 5) is 0. The van der Waals surface area contributed by atoms with Crippen molar-refractivity contribution in [2.24, 2.45) is 0 Å². The second kappa shape index (κ2) is 8.19. The molecule has 1 unspecified atom stereocenters. The van der Waals surface area contributed by atoms with Gasteiger partial charge in [-0.25, -0.2) is 0 Å². The monoisotopic (exact) mass is 248 g/mol. The summed E-state index contributed by atoms with van der Waals surface area (Å²) in [6.45, 7) is 2.67. The number of hydrogen-bond acceptors (Lipinski definition) is 3. The Balaban J connectivity index is 1.93. The van der Waals surface area contributed by atoms with Gasteiger partial charge in [-0.1, -0.05) is 0 Å². The molecular weight excluding hydrogens is 228 g/mol. The highest BCUT2D eigenvalue weighted by molar-refractivity contribution is 8.00. The molecule has 1 aliphatic rings. The van der Waals surface area contributed by atoms with E-state index in [1.807, 2.05) is 11.8 Å². The van der Waals surface area contributed by atoms with Crippen molar-refractivity contribution in [1.82, 2.24) is 10.6 Å². The van der Waals surface area contributed by atoms with E-state index < -0.39 is 0 Å². The number of thiocarbonyl (C=S) groups is 1. The smallest absolute Gasteiger partial charge is 0.166 e. The molecule has 0 radical (unpaired) electrons. The van der Waals surface area contributed by atoms with Crippen LogP contribution in [0.4, 0.5) is 0 Å². The molecule has 1 atom stereocenters. The van der Waals surface area contributed by atoms with Crippen molar-refractivity contribution in [2.75, 3.05) is 32.6 Å². The predicted octanol–water partition coefficient (Wildman–Crippen LogP) is 1.38. The summed E-state index contributed by atoms with van der Waals surface area (Å²) in [6, 6.07) is 0. The van der Waals surface area contributed by atoms with Crippen LogP contribution in [0, 0.1) is 0 Å². The molecule has 0 bridgehead atoms. The Kier molecular flexibility index (Phi) is 7.13. The van der Waals surface area contributed by atoms with Crippen LogP contribution in [0.5, 0.6) is 0 Å². The van der Waals surface area contributed by atoms with E-state index in [1.165, 1.54) is 18.6 Å². The van der Waals surface area contributed by atoms with E-state index in [9.17, 15) is 0 Å². The van der Waals surface area contributed by atoms with Crippen LogP contribution in [0.1, 0.15) is 19.3 Å². The minimum Gasteiger partial charge on any atom is -0.385 e. The first kappa shape index (κ1) is 13.1. The Morgan fingerprint density at radius 1 is 1.53 bits per heavy atom. The molecular formula is C10H20N2OS2. The summed E-state index contributed by atoms with van der Waals surface area (Å²) in [6.07, 6.45) is 3.67. The molecule has 0 aromatic carbocycles. The van der Waals surface area contributed by atoms with E-state index in [0.29, 0.717) is 0 Å². The Morgan fingerprint density at radius 3 is 3.07 bits per heavy atom. The van der Waals surface area contributed by atoms with Crippen molar-refractivity contribution < 1.29 is 4.74 Å². The zero-order chi connectivity index (χ0) is 10.9. The first-order valence-electron chi connectivity index (χ1n) is 5.45. The molecule has 1 rings (SSSR count). The van der Waals surface area contributed by atoms with Crippen LogP contribution in [-0.4, -0.2) is 42.9 Å². The first-order chi connectivity index (χ1) is 7.33. The van der Waals surface area contributed by atoms with Crippen LogP contribution in [0.3, 0.4) is 0 Å². The Hall–Kier alpha value is 0. The maximum atomic E-state index is 5.17. The highest BCUT2D eigenvalue weighted by Gasteiger charge is 2.14. The van der Waals surface area contributed by atoms with Gasteiger partial charge in [-0.15, -0.1) is 0 Å². The van der Waals surface area contributed by atoms with E-state index in [-0.39, 0.29) is 0 Å². The second-order valence-corrected chi connectivity index (χ2v) is 5.43. The van der Waals surface area contributed by atoms with Crippen LogP contribution in [-0.2, 0) is 4.74 Å². The van der Waals surface area contributed by atoms with Crippen molar-refractivity contribution in [2.45, 2.75) is 24.5 Å². The van der Waals surface area contributed by atoms with E-state index in [0.717, 1.165) is 36.5 Å². The van der Waals surface area contributed by atoms with Gasteiger partial charge in [0.2, 0.25) is 0 Å². The lowest BCUT2D eigenvalue weighted by Crippen LogP contribution is -2.39. The first-order valence-corrected chi connectivity index (χ1v) is 6.91. The van der Waals surface area contributed by atoms with Crippen LogP contribution >= 0.6 is 24.0 Å². The van der Waals surface area contributed by atoms with Gasteiger partial charge in [-0.3, -0.25) is 0 Å².